The van der Waals surface area contributed by atoms with E-state index >= 15 is 0 Å². The molecule has 0 atom stereocenters. The van der Waals surface area contributed by atoms with Crippen LogP contribution in [0.3, 0.4) is 0 Å². The summed E-state index contributed by atoms with van der Waals surface area (Å²) in [5, 5.41) is 8.22. The summed E-state index contributed by atoms with van der Waals surface area (Å²) in [6, 6.07) is 13.6. The molecule has 0 saturated carbocycles. The van der Waals surface area contributed by atoms with Crippen LogP contribution in [0.25, 0.3) is 10.9 Å². The Kier molecular flexibility index (Phi) is 3.04. The first kappa shape index (κ1) is 12.9. The van der Waals surface area contributed by atoms with E-state index in [0.717, 1.165) is 34.3 Å². The number of aromatic nitrogens is 2. The van der Waals surface area contributed by atoms with Crippen LogP contribution in [0.1, 0.15) is 5.56 Å². The van der Waals surface area contributed by atoms with Crippen molar-refractivity contribution in [3.63, 3.8) is 0 Å². The van der Waals surface area contributed by atoms with Crippen molar-refractivity contribution in [2.75, 3.05) is 11.9 Å². The Bertz CT molecular complexity index is 854. The number of anilines is 1. The van der Waals surface area contributed by atoms with Gasteiger partial charge in [0.05, 0.1) is 18.3 Å². The van der Waals surface area contributed by atoms with Gasteiger partial charge in [-0.3, -0.25) is 9.48 Å². The van der Waals surface area contributed by atoms with Crippen LogP contribution >= 0.6 is 0 Å². The number of rotatable bonds is 3. The molecule has 1 aromatic heterocycles. The van der Waals surface area contributed by atoms with Gasteiger partial charge in [0.2, 0.25) is 5.91 Å². The standard InChI is InChI=1S/C17H15N3O2/c21-17(11-20-15-4-2-1-3-13(15)10-18-20)19-14-5-6-16-12(9-14)7-8-22-16/h1-6,9-10H,7-8,11H2,(H,19,21). The summed E-state index contributed by atoms with van der Waals surface area (Å²) in [7, 11) is 0. The van der Waals surface area contributed by atoms with Gasteiger partial charge in [0.1, 0.15) is 12.3 Å². The highest BCUT2D eigenvalue weighted by molar-refractivity contribution is 5.91. The smallest absolute Gasteiger partial charge is 0.246 e. The molecule has 1 aliphatic rings. The lowest BCUT2D eigenvalue weighted by molar-refractivity contribution is -0.116. The van der Waals surface area contributed by atoms with E-state index in [9.17, 15) is 4.79 Å². The Morgan fingerprint density at radius 3 is 3.14 bits per heavy atom. The summed E-state index contributed by atoms with van der Waals surface area (Å²) >= 11 is 0. The van der Waals surface area contributed by atoms with Gasteiger partial charge >= 0.3 is 0 Å². The molecule has 4 rings (SSSR count). The summed E-state index contributed by atoms with van der Waals surface area (Å²) in [6.07, 6.45) is 2.66. The van der Waals surface area contributed by atoms with Gasteiger partial charge in [0.15, 0.2) is 0 Å². The van der Waals surface area contributed by atoms with Crippen molar-refractivity contribution in [1.29, 1.82) is 0 Å². The van der Waals surface area contributed by atoms with Gasteiger partial charge in [-0.25, -0.2) is 0 Å². The summed E-state index contributed by atoms with van der Waals surface area (Å²) in [4.78, 5) is 12.2. The van der Waals surface area contributed by atoms with Crippen molar-refractivity contribution in [1.82, 2.24) is 9.78 Å². The van der Waals surface area contributed by atoms with E-state index in [4.69, 9.17) is 4.74 Å². The van der Waals surface area contributed by atoms with E-state index in [0.29, 0.717) is 6.61 Å². The quantitative estimate of drug-likeness (QED) is 0.807. The maximum atomic E-state index is 12.2. The summed E-state index contributed by atoms with van der Waals surface area (Å²) < 4.78 is 7.17. The molecule has 5 nitrogen and oxygen atoms in total. The molecular formula is C17H15N3O2. The molecule has 0 unspecified atom stereocenters. The molecule has 22 heavy (non-hydrogen) atoms. The van der Waals surface area contributed by atoms with E-state index in [1.165, 1.54) is 0 Å². The monoisotopic (exact) mass is 293 g/mol. The number of amides is 1. The zero-order chi connectivity index (χ0) is 14.9. The maximum absolute atomic E-state index is 12.2. The minimum Gasteiger partial charge on any atom is -0.493 e. The average Bonchev–Trinajstić information content (AvgIpc) is 3.14. The van der Waals surface area contributed by atoms with Crippen LogP contribution in [0.2, 0.25) is 0 Å². The molecule has 1 amide bonds. The van der Waals surface area contributed by atoms with Crippen LogP contribution < -0.4 is 10.1 Å². The van der Waals surface area contributed by atoms with Crippen LogP contribution in [0.5, 0.6) is 5.75 Å². The van der Waals surface area contributed by atoms with Crippen molar-refractivity contribution in [2.45, 2.75) is 13.0 Å². The van der Waals surface area contributed by atoms with Crippen molar-refractivity contribution in [2.24, 2.45) is 0 Å². The normalized spacial score (nSPS) is 12.9. The van der Waals surface area contributed by atoms with E-state index in [2.05, 4.69) is 10.4 Å². The van der Waals surface area contributed by atoms with Crippen molar-refractivity contribution in [3.05, 3.63) is 54.2 Å². The van der Waals surface area contributed by atoms with Crippen molar-refractivity contribution in [3.8, 4) is 5.75 Å². The van der Waals surface area contributed by atoms with E-state index in [-0.39, 0.29) is 12.5 Å². The van der Waals surface area contributed by atoms with Gasteiger partial charge in [-0.2, -0.15) is 5.10 Å². The van der Waals surface area contributed by atoms with Gasteiger partial charge < -0.3 is 10.1 Å². The Balaban J connectivity index is 1.51. The fraction of sp³-hybridized carbons (Fsp3) is 0.176. The Labute approximate surface area is 127 Å². The van der Waals surface area contributed by atoms with Crippen LogP contribution in [0.15, 0.2) is 48.7 Å². The third kappa shape index (κ3) is 2.30. The SMILES string of the molecule is O=C(Cn1ncc2ccccc21)Nc1ccc2c(c1)CCO2. The number of ether oxygens (including phenoxy) is 1. The zero-order valence-electron chi connectivity index (χ0n) is 12.0. The topological polar surface area (TPSA) is 56.2 Å². The predicted molar refractivity (Wildman–Crippen MR) is 84.0 cm³/mol. The molecule has 0 fully saturated rings. The Hall–Kier alpha value is -2.82. The summed E-state index contributed by atoms with van der Waals surface area (Å²) in [6.45, 7) is 0.910. The summed E-state index contributed by atoms with van der Waals surface area (Å²) in [5.74, 6) is 0.823. The second-order valence-corrected chi connectivity index (χ2v) is 5.33. The van der Waals surface area contributed by atoms with Crippen molar-refractivity contribution < 1.29 is 9.53 Å². The van der Waals surface area contributed by atoms with Crippen molar-refractivity contribution >= 4 is 22.5 Å². The predicted octanol–water partition coefficient (Wildman–Crippen LogP) is 2.61. The number of para-hydroxylation sites is 1. The molecule has 5 heteroatoms. The Morgan fingerprint density at radius 2 is 2.18 bits per heavy atom. The molecule has 0 saturated heterocycles. The molecule has 0 radical (unpaired) electrons. The maximum Gasteiger partial charge on any atom is 0.246 e. The molecule has 0 bridgehead atoms. The van der Waals surface area contributed by atoms with Crippen LogP contribution in [0.4, 0.5) is 5.69 Å². The van der Waals surface area contributed by atoms with Crippen LogP contribution in [-0.2, 0) is 17.8 Å². The first-order valence-electron chi connectivity index (χ1n) is 7.26. The third-order valence-corrected chi connectivity index (χ3v) is 3.82. The highest BCUT2D eigenvalue weighted by atomic mass is 16.5. The fourth-order valence-corrected chi connectivity index (χ4v) is 2.75. The Morgan fingerprint density at radius 1 is 1.27 bits per heavy atom. The molecule has 3 aromatic rings. The van der Waals surface area contributed by atoms with E-state index in [1.54, 1.807) is 10.9 Å². The first-order chi connectivity index (χ1) is 10.8. The number of nitrogens with zero attached hydrogens (tertiary/aromatic N) is 2. The van der Waals surface area contributed by atoms with Crippen LogP contribution in [-0.4, -0.2) is 22.3 Å². The highest BCUT2D eigenvalue weighted by Crippen LogP contribution is 2.27. The number of benzene rings is 2. The van der Waals surface area contributed by atoms with Gasteiger partial charge in [0, 0.05) is 17.5 Å². The van der Waals surface area contributed by atoms with E-state index < -0.39 is 0 Å². The number of hydrogen-bond acceptors (Lipinski definition) is 3. The molecule has 0 spiro atoms. The largest absolute Gasteiger partial charge is 0.493 e. The lowest BCUT2D eigenvalue weighted by Crippen LogP contribution is -2.19. The van der Waals surface area contributed by atoms with Gasteiger partial charge in [-0.15, -0.1) is 0 Å². The number of carbonyl (C=O) groups is 1. The molecule has 1 aliphatic heterocycles. The molecular weight excluding hydrogens is 278 g/mol. The summed E-state index contributed by atoms with van der Waals surface area (Å²) in [5.41, 5.74) is 2.90. The van der Waals surface area contributed by atoms with Gasteiger partial charge in [0.25, 0.3) is 0 Å². The van der Waals surface area contributed by atoms with Gasteiger partial charge in [-0.05, 0) is 29.8 Å². The lowest BCUT2D eigenvalue weighted by atomic mass is 10.1. The second-order valence-electron chi connectivity index (χ2n) is 5.33. The molecule has 1 N–H and O–H groups in total. The number of hydrogen-bond donors (Lipinski definition) is 1. The third-order valence-electron chi connectivity index (χ3n) is 3.82. The number of fused-ring (bicyclic) bond motifs is 2. The van der Waals surface area contributed by atoms with E-state index in [1.807, 2.05) is 42.5 Å². The first-order valence-corrected chi connectivity index (χ1v) is 7.26. The highest BCUT2D eigenvalue weighted by Gasteiger charge is 2.13. The fourth-order valence-electron chi connectivity index (χ4n) is 2.75. The van der Waals surface area contributed by atoms with Crippen LogP contribution in [0, 0.1) is 0 Å². The second kappa shape index (κ2) is 5.18. The number of carbonyl (C=O) groups excluding carboxylic acids is 1. The average molecular weight is 293 g/mol. The molecule has 110 valence electrons. The molecule has 2 aromatic carbocycles. The molecule has 0 aliphatic carbocycles. The molecule has 2 heterocycles. The number of nitrogens with one attached hydrogen (secondary N) is 1. The lowest BCUT2D eigenvalue weighted by Gasteiger charge is -2.07. The van der Waals surface area contributed by atoms with Gasteiger partial charge in [-0.1, -0.05) is 18.2 Å². The minimum atomic E-state index is -0.0901. The minimum absolute atomic E-state index is 0.0901. The zero-order valence-corrected chi connectivity index (χ0v) is 12.0.